The Bertz CT molecular complexity index is 852. The highest BCUT2D eigenvalue weighted by molar-refractivity contribution is 6.08. The fraction of sp³-hybridized carbons (Fsp3) is 0.111. The van der Waals surface area contributed by atoms with Gasteiger partial charge in [-0.3, -0.25) is 4.79 Å². The summed E-state index contributed by atoms with van der Waals surface area (Å²) in [6.07, 6.45) is 7.81. The first-order valence-electron chi connectivity index (χ1n) is 6.73. The summed E-state index contributed by atoms with van der Waals surface area (Å²) in [5, 5.41) is 9.73. The second-order valence-corrected chi connectivity index (χ2v) is 4.67. The summed E-state index contributed by atoms with van der Waals surface area (Å²) in [4.78, 5) is 23.7. The minimum Gasteiger partial charge on any atom is -0.507 e. The molecule has 1 aromatic carbocycles. The fourth-order valence-electron chi connectivity index (χ4n) is 1.91. The lowest BCUT2D eigenvalue weighted by atomic mass is 10.1. The largest absolute Gasteiger partial charge is 0.507 e. The molecule has 5 heteroatoms. The van der Waals surface area contributed by atoms with Crippen LogP contribution in [0.4, 0.5) is 0 Å². The van der Waals surface area contributed by atoms with Crippen molar-refractivity contribution in [2.45, 2.75) is 6.92 Å². The SMILES string of the molecule is C#CCOc1cccc(/C=C/C(=O)c2c(O)cc(C)oc2=O)c1. The molecule has 2 rings (SSSR count). The molecule has 5 nitrogen and oxygen atoms in total. The van der Waals surface area contributed by atoms with Gasteiger partial charge in [0.15, 0.2) is 5.78 Å². The molecule has 0 fully saturated rings. The predicted molar refractivity (Wildman–Crippen MR) is 85.5 cm³/mol. The molecule has 0 bridgehead atoms. The van der Waals surface area contributed by atoms with Gasteiger partial charge in [-0.15, -0.1) is 6.42 Å². The Kier molecular flexibility index (Phi) is 5.00. The number of benzene rings is 1. The van der Waals surface area contributed by atoms with Gasteiger partial charge in [0.25, 0.3) is 0 Å². The average molecular weight is 310 g/mol. The molecule has 0 radical (unpaired) electrons. The van der Waals surface area contributed by atoms with E-state index in [0.29, 0.717) is 11.3 Å². The minimum absolute atomic E-state index is 0.143. The summed E-state index contributed by atoms with van der Waals surface area (Å²) < 4.78 is 10.1. The van der Waals surface area contributed by atoms with Gasteiger partial charge in [-0.05, 0) is 30.7 Å². The topological polar surface area (TPSA) is 76.7 Å². The molecule has 0 aliphatic rings. The van der Waals surface area contributed by atoms with Gasteiger partial charge in [0.2, 0.25) is 0 Å². The van der Waals surface area contributed by atoms with Crippen molar-refractivity contribution in [1.82, 2.24) is 0 Å². The van der Waals surface area contributed by atoms with Gasteiger partial charge in [-0.25, -0.2) is 4.79 Å². The van der Waals surface area contributed by atoms with Gasteiger partial charge in [0.1, 0.15) is 29.4 Å². The average Bonchev–Trinajstić information content (AvgIpc) is 2.50. The molecule has 1 aromatic heterocycles. The van der Waals surface area contributed by atoms with Crippen LogP contribution in [0.25, 0.3) is 6.08 Å². The van der Waals surface area contributed by atoms with E-state index < -0.39 is 22.7 Å². The normalized spacial score (nSPS) is 10.4. The molecule has 0 spiro atoms. The number of rotatable bonds is 5. The third kappa shape index (κ3) is 4.11. The van der Waals surface area contributed by atoms with E-state index in [4.69, 9.17) is 15.6 Å². The molecule has 0 amide bonds. The molecule has 1 N–H and O–H groups in total. The van der Waals surface area contributed by atoms with Crippen molar-refractivity contribution in [2.24, 2.45) is 0 Å². The van der Waals surface area contributed by atoms with Crippen molar-refractivity contribution in [3.8, 4) is 23.8 Å². The standard InChI is InChI=1S/C18H14O5/c1-3-9-22-14-6-4-5-13(11-14)7-8-15(19)17-16(20)10-12(2)23-18(17)21/h1,4-8,10-11,20H,9H2,2H3/b8-7+. The summed E-state index contributed by atoms with van der Waals surface area (Å²) in [5.74, 6) is 2.10. The second kappa shape index (κ2) is 7.14. The summed E-state index contributed by atoms with van der Waals surface area (Å²) in [6.45, 7) is 1.65. The van der Waals surface area contributed by atoms with E-state index in [2.05, 4.69) is 5.92 Å². The van der Waals surface area contributed by atoms with Crippen LogP contribution in [-0.4, -0.2) is 17.5 Å². The molecule has 0 saturated carbocycles. The molecule has 0 unspecified atom stereocenters. The van der Waals surface area contributed by atoms with Crippen molar-refractivity contribution >= 4 is 11.9 Å². The Morgan fingerprint density at radius 2 is 2.22 bits per heavy atom. The number of hydrogen-bond acceptors (Lipinski definition) is 5. The van der Waals surface area contributed by atoms with Crippen LogP contribution in [0.2, 0.25) is 0 Å². The number of aromatic hydroxyl groups is 1. The maximum Gasteiger partial charge on any atom is 0.351 e. The first-order chi connectivity index (χ1) is 11.0. The molecule has 0 aliphatic heterocycles. The number of carbonyl (C=O) groups excluding carboxylic acids is 1. The van der Waals surface area contributed by atoms with Crippen molar-refractivity contribution in [3.05, 3.63) is 63.7 Å². The Balaban J connectivity index is 2.22. The maximum absolute atomic E-state index is 12.1. The van der Waals surface area contributed by atoms with E-state index in [-0.39, 0.29) is 12.4 Å². The minimum atomic E-state index is -0.872. The number of allylic oxidation sites excluding steroid dienone is 1. The van der Waals surface area contributed by atoms with Crippen molar-refractivity contribution in [1.29, 1.82) is 0 Å². The van der Waals surface area contributed by atoms with Gasteiger partial charge < -0.3 is 14.3 Å². The lowest BCUT2D eigenvalue weighted by Gasteiger charge is -2.03. The van der Waals surface area contributed by atoms with E-state index in [0.717, 1.165) is 0 Å². The van der Waals surface area contributed by atoms with E-state index >= 15 is 0 Å². The Morgan fingerprint density at radius 3 is 2.91 bits per heavy atom. The molecule has 116 valence electrons. The number of ether oxygens (including phenoxy) is 1. The monoisotopic (exact) mass is 310 g/mol. The Labute approximate surface area is 132 Å². The first kappa shape index (κ1) is 16.1. The zero-order chi connectivity index (χ0) is 16.8. The molecular weight excluding hydrogens is 296 g/mol. The number of ketones is 1. The van der Waals surface area contributed by atoms with Crippen molar-refractivity contribution in [2.75, 3.05) is 6.61 Å². The summed E-state index contributed by atoms with van der Waals surface area (Å²) >= 11 is 0. The first-order valence-corrected chi connectivity index (χ1v) is 6.73. The van der Waals surface area contributed by atoms with E-state index in [1.807, 2.05) is 0 Å². The molecule has 0 saturated heterocycles. The third-order valence-corrected chi connectivity index (χ3v) is 2.91. The summed E-state index contributed by atoms with van der Waals surface area (Å²) in [6, 6.07) is 8.14. The van der Waals surface area contributed by atoms with E-state index in [1.165, 1.54) is 25.1 Å². The van der Waals surface area contributed by atoms with Gasteiger partial charge in [0.05, 0.1) is 0 Å². The Hall–Kier alpha value is -3.26. The molecule has 2 aromatic rings. The van der Waals surface area contributed by atoms with Gasteiger partial charge in [-0.1, -0.05) is 24.1 Å². The Morgan fingerprint density at radius 1 is 1.43 bits per heavy atom. The van der Waals surface area contributed by atoms with Crippen LogP contribution in [0, 0.1) is 19.3 Å². The van der Waals surface area contributed by atoms with Gasteiger partial charge in [0, 0.05) is 6.07 Å². The molecule has 23 heavy (non-hydrogen) atoms. The smallest absolute Gasteiger partial charge is 0.351 e. The van der Waals surface area contributed by atoms with Crippen LogP contribution >= 0.6 is 0 Å². The highest BCUT2D eigenvalue weighted by Crippen LogP contribution is 2.17. The number of hydrogen-bond donors (Lipinski definition) is 1. The fourth-order valence-corrected chi connectivity index (χ4v) is 1.91. The van der Waals surface area contributed by atoms with Gasteiger partial charge >= 0.3 is 5.63 Å². The molecular formula is C18H14O5. The lowest BCUT2D eigenvalue weighted by molar-refractivity contribution is 0.104. The van der Waals surface area contributed by atoms with Crippen LogP contribution in [0.1, 0.15) is 21.7 Å². The molecule has 1 heterocycles. The van der Waals surface area contributed by atoms with Crippen LogP contribution in [0.3, 0.4) is 0 Å². The summed E-state index contributed by atoms with van der Waals surface area (Å²) in [5.41, 5.74) is -0.585. The zero-order valence-electron chi connectivity index (χ0n) is 12.4. The molecule has 0 atom stereocenters. The van der Waals surface area contributed by atoms with E-state index in [9.17, 15) is 14.7 Å². The second-order valence-electron chi connectivity index (χ2n) is 4.67. The van der Waals surface area contributed by atoms with Crippen molar-refractivity contribution < 1.29 is 19.1 Å². The van der Waals surface area contributed by atoms with Crippen LogP contribution in [-0.2, 0) is 0 Å². The van der Waals surface area contributed by atoms with E-state index in [1.54, 1.807) is 24.3 Å². The summed E-state index contributed by atoms with van der Waals surface area (Å²) in [7, 11) is 0. The lowest BCUT2D eigenvalue weighted by Crippen LogP contribution is -2.12. The van der Waals surface area contributed by atoms with Crippen LogP contribution in [0.5, 0.6) is 11.5 Å². The zero-order valence-corrected chi connectivity index (χ0v) is 12.4. The predicted octanol–water partition coefficient (Wildman–Crippen LogP) is 2.56. The van der Waals surface area contributed by atoms with Crippen molar-refractivity contribution in [3.63, 3.8) is 0 Å². The third-order valence-electron chi connectivity index (χ3n) is 2.91. The maximum atomic E-state index is 12.1. The highest BCUT2D eigenvalue weighted by atomic mass is 16.5. The van der Waals surface area contributed by atoms with Gasteiger partial charge in [-0.2, -0.15) is 0 Å². The number of aryl methyl sites for hydroxylation is 1. The number of terminal acetylenes is 1. The van der Waals surface area contributed by atoms with Crippen LogP contribution < -0.4 is 10.4 Å². The highest BCUT2D eigenvalue weighted by Gasteiger charge is 2.15. The quantitative estimate of drug-likeness (QED) is 0.522. The van der Waals surface area contributed by atoms with Crippen LogP contribution in [0.15, 0.2) is 45.6 Å². The molecule has 0 aliphatic carbocycles. The number of carbonyl (C=O) groups is 1.